The van der Waals surface area contributed by atoms with E-state index in [-0.39, 0.29) is 6.61 Å². The van der Waals surface area contributed by atoms with E-state index in [1.807, 2.05) is 6.07 Å². The van der Waals surface area contributed by atoms with E-state index in [0.29, 0.717) is 32.4 Å². The Bertz CT molecular complexity index is 1160. The molecule has 0 spiro atoms. The van der Waals surface area contributed by atoms with Crippen molar-refractivity contribution in [2.24, 2.45) is 0 Å². The Labute approximate surface area is 197 Å². The van der Waals surface area contributed by atoms with Crippen LogP contribution in [0.25, 0.3) is 11.4 Å². The van der Waals surface area contributed by atoms with Crippen molar-refractivity contribution in [3.63, 3.8) is 0 Å². The van der Waals surface area contributed by atoms with Crippen LogP contribution in [-0.4, -0.2) is 42.2 Å². The van der Waals surface area contributed by atoms with Gasteiger partial charge in [0, 0.05) is 7.11 Å². The zero-order chi connectivity index (χ0) is 22.4. The molecule has 1 N–H and O–H groups in total. The van der Waals surface area contributed by atoms with Gasteiger partial charge in [-0.2, -0.15) is 0 Å². The van der Waals surface area contributed by atoms with Crippen LogP contribution in [0.15, 0.2) is 48.8 Å². The van der Waals surface area contributed by atoms with E-state index in [0.717, 1.165) is 17.1 Å². The third kappa shape index (κ3) is 6.16. The van der Waals surface area contributed by atoms with Crippen LogP contribution in [0.5, 0.6) is 0 Å². The Morgan fingerprint density at radius 1 is 0.774 bits per heavy atom. The first-order chi connectivity index (χ1) is 14.9. The van der Waals surface area contributed by atoms with Gasteiger partial charge in [-0.05, 0) is 36.4 Å². The molecular weight excluding hydrogens is 486 g/mol. The number of ether oxygens (including phenoxy) is 1. The number of aliphatic hydroxyl groups is 1. The van der Waals surface area contributed by atoms with Gasteiger partial charge in [-0.1, -0.05) is 56.8 Å². The number of methoxy groups -OCH3 is 1. The van der Waals surface area contributed by atoms with E-state index in [1.54, 1.807) is 54.5 Å². The van der Waals surface area contributed by atoms with Crippen molar-refractivity contribution >= 4 is 46.4 Å². The fourth-order valence-corrected chi connectivity index (χ4v) is 2.98. The van der Waals surface area contributed by atoms with Crippen LogP contribution in [0.1, 0.15) is 11.4 Å². The smallest absolute Gasteiger partial charge is 0.109 e. The summed E-state index contributed by atoms with van der Waals surface area (Å²) in [7, 11) is 1.61. The molecule has 0 saturated heterocycles. The first-order valence-corrected chi connectivity index (χ1v) is 10.3. The van der Waals surface area contributed by atoms with E-state index in [1.165, 1.54) is 4.68 Å². The number of nitrogens with zero attached hydrogens (tertiary/aromatic N) is 6. The molecule has 0 aliphatic carbocycles. The maximum absolute atomic E-state index is 8.83. The fourth-order valence-electron chi connectivity index (χ4n) is 2.39. The molecule has 0 saturated carbocycles. The molecule has 2 aromatic carbocycles. The maximum atomic E-state index is 8.83. The molecule has 2 heterocycles. The highest BCUT2D eigenvalue weighted by Crippen LogP contribution is 2.25. The number of rotatable bonds is 5. The third-order valence-corrected chi connectivity index (χ3v) is 5.35. The van der Waals surface area contributed by atoms with Crippen LogP contribution in [-0.2, 0) is 18.0 Å². The Hall–Kier alpha value is -2.20. The molecule has 4 rings (SSSR count). The van der Waals surface area contributed by atoms with Crippen LogP contribution in [0.2, 0.25) is 20.1 Å². The highest BCUT2D eigenvalue weighted by molar-refractivity contribution is 6.42. The molecule has 0 aliphatic rings. The summed E-state index contributed by atoms with van der Waals surface area (Å²) in [6.07, 6.45) is 3.41. The van der Waals surface area contributed by atoms with Gasteiger partial charge in [-0.15, -0.1) is 10.2 Å². The number of aliphatic hydroxyl groups excluding tert-OH is 1. The van der Waals surface area contributed by atoms with Gasteiger partial charge in [0.2, 0.25) is 0 Å². The topological polar surface area (TPSA) is 90.9 Å². The number of halogens is 4. The molecular formula is C19H16Cl4N6O2. The first kappa shape index (κ1) is 23.5. The summed E-state index contributed by atoms with van der Waals surface area (Å²) in [5.74, 6) is 0. The second-order valence-corrected chi connectivity index (χ2v) is 7.73. The highest BCUT2D eigenvalue weighted by Gasteiger charge is 2.05. The van der Waals surface area contributed by atoms with Crippen molar-refractivity contribution in [1.29, 1.82) is 0 Å². The molecule has 0 fully saturated rings. The van der Waals surface area contributed by atoms with Crippen molar-refractivity contribution in [2.75, 3.05) is 7.11 Å². The van der Waals surface area contributed by atoms with E-state index < -0.39 is 0 Å². The standard InChI is InChI=1S/C10H9Cl2N3O.C9H7Cl2N3O/c1-16-6-7-5-15(14-13-7)8-2-3-9(11)10(12)4-8;10-8-2-1-7(3-9(8)11)14-4-6(5-15)12-13-14/h2-5H,6H2,1H3;1-4,15H,5H2. The molecule has 0 amide bonds. The summed E-state index contributed by atoms with van der Waals surface area (Å²) in [4.78, 5) is 0. The quantitative estimate of drug-likeness (QED) is 0.423. The van der Waals surface area contributed by atoms with Gasteiger partial charge >= 0.3 is 0 Å². The van der Waals surface area contributed by atoms with Gasteiger partial charge in [-0.3, -0.25) is 0 Å². The number of hydrogen-bond acceptors (Lipinski definition) is 6. The SMILES string of the molecule is COCc1cn(-c2ccc(Cl)c(Cl)c2)nn1.OCc1cn(-c2ccc(Cl)c(Cl)c2)nn1. The second-order valence-electron chi connectivity index (χ2n) is 6.10. The van der Waals surface area contributed by atoms with E-state index in [4.69, 9.17) is 56.2 Å². The summed E-state index contributed by atoms with van der Waals surface area (Å²) in [5, 5.41) is 26.3. The molecule has 2 aromatic heterocycles. The predicted octanol–water partition coefficient (Wildman–Crippen LogP) is 4.79. The molecule has 0 bridgehead atoms. The Kier molecular flexibility index (Phi) is 8.25. The maximum Gasteiger partial charge on any atom is 0.109 e. The largest absolute Gasteiger partial charge is 0.390 e. The van der Waals surface area contributed by atoms with Gasteiger partial charge in [0.05, 0.1) is 57.1 Å². The lowest BCUT2D eigenvalue weighted by Crippen LogP contribution is -1.94. The van der Waals surface area contributed by atoms with Crippen LogP contribution in [0.4, 0.5) is 0 Å². The van der Waals surface area contributed by atoms with Gasteiger partial charge in [0.1, 0.15) is 11.4 Å². The third-order valence-electron chi connectivity index (χ3n) is 3.87. The van der Waals surface area contributed by atoms with Crippen LogP contribution in [0.3, 0.4) is 0 Å². The minimum atomic E-state index is -0.138. The average molecular weight is 502 g/mol. The first-order valence-electron chi connectivity index (χ1n) is 8.74. The molecule has 8 nitrogen and oxygen atoms in total. The minimum Gasteiger partial charge on any atom is -0.390 e. The molecule has 0 aliphatic heterocycles. The van der Waals surface area contributed by atoms with Crippen molar-refractivity contribution < 1.29 is 9.84 Å². The molecule has 0 atom stereocenters. The molecule has 4 aromatic rings. The van der Waals surface area contributed by atoms with Gasteiger partial charge in [0.25, 0.3) is 0 Å². The summed E-state index contributed by atoms with van der Waals surface area (Å²) in [6, 6.07) is 10.4. The zero-order valence-electron chi connectivity index (χ0n) is 16.1. The molecule has 0 unspecified atom stereocenters. The Morgan fingerprint density at radius 2 is 1.26 bits per heavy atom. The Balaban J connectivity index is 0.000000176. The minimum absolute atomic E-state index is 0.138. The van der Waals surface area contributed by atoms with Crippen LogP contribution in [0, 0.1) is 0 Å². The van der Waals surface area contributed by atoms with Crippen LogP contribution >= 0.6 is 46.4 Å². The van der Waals surface area contributed by atoms with Crippen molar-refractivity contribution in [3.8, 4) is 11.4 Å². The molecule has 31 heavy (non-hydrogen) atoms. The highest BCUT2D eigenvalue weighted by atomic mass is 35.5. The fraction of sp³-hybridized carbons (Fsp3) is 0.158. The predicted molar refractivity (Wildman–Crippen MR) is 119 cm³/mol. The van der Waals surface area contributed by atoms with Crippen molar-refractivity contribution in [2.45, 2.75) is 13.2 Å². The summed E-state index contributed by atoms with van der Waals surface area (Å²) in [6.45, 7) is 0.294. The summed E-state index contributed by atoms with van der Waals surface area (Å²) >= 11 is 23.4. The molecule has 0 radical (unpaired) electrons. The average Bonchev–Trinajstić information content (AvgIpc) is 3.43. The van der Waals surface area contributed by atoms with Crippen molar-refractivity contribution in [3.05, 3.63) is 80.3 Å². The lowest BCUT2D eigenvalue weighted by molar-refractivity contribution is 0.181. The lowest BCUT2D eigenvalue weighted by atomic mass is 10.3. The normalized spacial score (nSPS) is 10.6. The number of aromatic nitrogens is 6. The lowest BCUT2D eigenvalue weighted by Gasteiger charge is -2.01. The summed E-state index contributed by atoms with van der Waals surface area (Å²) in [5.41, 5.74) is 2.82. The number of hydrogen-bond donors (Lipinski definition) is 1. The number of benzene rings is 2. The molecule has 12 heteroatoms. The van der Waals surface area contributed by atoms with E-state index in [2.05, 4.69) is 20.6 Å². The monoisotopic (exact) mass is 500 g/mol. The zero-order valence-corrected chi connectivity index (χ0v) is 19.1. The summed E-state index contributed by atoms with van der Waals surface area (Å²) < 4.78 is 8.10. The van der Waals surface area contributed by atoms with E-state index in [9.17, 15) is 0 Å². The van der Waals surface area contributed by atoms with Crippen molar-refractivity contribution in [1.82, 2.24) is 30.0 Å². The Morgan fingerprint density at radius 3 is 1.68 bits per heavy atom. The van der Waals surface area contributed by atoms with E-state index >= 15 is 0 Å². The molecule has 162 valence electrons. The van der Waals surface area contributed by atoms with Gasteiger partial charge in [-0.25, -0.2) is 9.36 Å². The van der Waals surface area contributed by atoms with Gasteiger partial charge < -0.3 is 9.84 Å². The van der Waals surface area contributed by atoms with Crippen LogP contribution < -0.4 is 0 Å². The van der Waals surface area contributed by atoms with Gasteiger partial charge in [0.15, 0.2) is 0 Å². The second kappa shape index (κ2) is 10.9.